The Bertz CT molecular complexity index is 576. The maximum atomic E-state index is 13.1. The number of halogens is 2. The first kappa shape index (κ1) is 16.7. The topological polar surface area (TPSA) is 78.4 Å². The number of hydrogen-bond donors (Lipinski definition) is 3. The highest BCUT2D eigenvalue weighted by atomic mass is 35.5. The van der Waals surface area contributed by atoms with E-state index >= 15 is 0 Å². The molecule has 0 heterocycles. The van der Waals surface area contributed by atoms with Crippen molar-refractivity contribution in [2.24, 2.45) is 5.92 Å². The van der Waals surface area contributed by atoms with Crippen molar-refractivity contribution >= 4 is 23.4 Å². The molecular formula is C15H18ClFN2O3. The van der Waals surface area contributed by atoms with Crippen LogP contribution in [0.3, 0.4) is 0 Å². The van der Waals surface area contributed by atoms with Crippen molar-refractivity contribution in [2.75, 3.05) is 0 Å². The summed E-state index contributed by atoms with van der Waals surface area (Å²) in [6.07, 6.45) is 0.613. The van der Waals surface area contributed by atoms with Crippen LogP contribution in [0.5, 0.6) is 0 Å². The molecular weight excluding hydrogens is 311 g/mol. The summed E-state index contributed by atoms with van der Waals surface area (Å²) in [6.45, 7) is 1.56. The van der Waals surface area contributed by atoms with Gasteiger partial charge in [-0.3, -0.25) is 9.59 Å². The van der Waals surface area contributed by atoms with Crippen molar-refractivity contribution < 1.29 is 19.1 Å². The fraction of sp³-hybridized carbons (Fsp3) is 0.467. The lowest BCUT2D eigenvalue weighted by atomic mass is 10.1. The van der Waals surface area contributed by atoms with Gasteiger partial charge in [-0.1, -0.05) is 17.7 Å². The second-order valence-electron chi connectivity index (χ2n) is 5.47. The lowest BCUT2D eigenvalue weighted by Gasteiger charge is -2.21. The molecule has 120 valence electrons. The first-order chi connectivity index (χ1) is 10.4. The Labute approximate surface area is 132 Å². The Balaban J connectivity index is 1.92. The molecule has 1 fully saturated rings. The fourth-order valence-electron chi connectivity index (χ4n) is 1.97. The van der Waals surface area contributed by atoms with E-state index < -0.39 is 23.9 Å². The SMILES string of the molecule is CC(O)C(NC(=O)C1CC1)C(=O)NCc1ccc(F)c(Cl)c1. The summed E-state index contributed by atoms with van der Waals surface area (Å²) in [5.74, 6) is -1.30. The average Bonchev–Trinajstić information content (AvgIpc) is 3.29. The van der Waals surface area contributed by atoms with Gasteiger partial charge in [0, 0.05) is 12.5 Å². The smallest absolute Gasteiger partial charge is 0.245 e. The lowest BCUT2D eigenvalue weighted by molar-refractivity contribution is -0.132. The first-order valence-corrected chi connectivity index (χ1v) is 7.46. The van der Waals surface area contributed by atoms with E-state index in [1.165, 1.54) is 25.1 Å². The number of carbonyl (C=O) groups is 2. The van der Waals surface area contributed by atoms with Crippen molar-refractivity contribution in [1.82, 2.24) is 10.6 Å². The van der Waals surface area contributed by atoms with Crippen LogP contribution >= 0.6 is 11.6 Å². The summed E-state index contributed by atoms with van der Waals surface area (Å²) >= 11 is 5.67. The summed E-state index contributed by atoms with van der Waals surface area (Å²) in [4.78, 5) is 23.8. The molecule has 7 heteroatoms. The molecule has 1 aliphatic rings. The highest BCUT2D eigenvalue weighted by molar-refractivity contribution is 6.30. The quantitative estimate of drug-likeness (QED) is 0.738. The number of carbonyl (C=O) groups excluding carboxylic acids is 2. The lowest BCUT2D eigenvalue weighted by Crippen LogP contribution is -2.52. The van der Waals surface area contributed by atoms with Gasteiger partial charge in [-0.2, -0.15) is 0 Å². The van der Waals surface area contributed by atoms with E-state index in [0.717, 1.165) is 12.8 Å². The molecule has 2 rings (SSSR count). The number of aliphatic hydroxyl groups excluding tert-OH is 1. The Morgan fingerprint density at radius 1 is 1.45 bits per heavy atom. The van der Waals surface area contributed by atoms with Gasteiger partial charge >= 0.3 is 0 Å². The zero-order chi connectivity index (χ0) is 16.3. The summed E-state index contributed by atoms with van der Waals surface area (Å²) < 4.78 is 13.1. The summed E-state index contributed by atoms with van der Waals surface area (Å²) in [7, 11) is 0. The number of aliphatic hydroxyl groups is 1. The van der Waals surface area contributed by atoms with Crippen LogP contribution in [-0.2, 0) is 16.1 Å². The molecule has 1 saturated carbocycles. The van der Waals surface area contributed by atoms with Gasteiger partial charge in [0.15, 0.2) is 0 Å². The molecule has 0 aromatic heterocycles. The van der Waals surface area contributed by atoms with Crippen molar-refractivity contribution in [2.45, 2.75) is 38.5 Å². The Morgan fingerprint density at radius 3 is 2.68 bits per heavy atom. The minimum Gasteiger partial charge on any atom is -0.391 e. The van der Waals surface area contributed by atoms with Crippen LogP contribution in [0.1, 0.15) is 25.3 Å². The molecule has 1 aromatic rings. The molecule has 0 bridgehead atoms. The summed E-state index contributed by atoms with van der Waals surface area (Å²) in [6, 6.07) is 3.12. The maximum Gasteiger partial charge on any atom is 0.245 e. The van der Waals surface area contributed by atoms with Gasteiger partial charge in [0.1, 0.15) is 11.9 Å². The van der Waals surface area contributed by atoms with Crippen molar-refractivity contribution in [3.8, 4) is 0 Å². The molecule has 2 atom stereocenters. The van der Waals surface area contributed by atoms with Gasteiger partial charge in [0.05, 0.1) is 11.1 Å². The minimum atomic E-state index is -1.01. The third-order valence-electron chi connectivity index (χ3n) is 3.46. The van der Waals surface area contributed by atoms with E-state index in [9.17, 15) is 19.1 Å². The number of rotatable bonds is 6. The van der Waals surface area contributed by atoms with Crippen molar-refractivity contribution in [3.63, 3.8) is 0 Å². The van der Waals surface area contributed by atoms with Gasteiger partial charge in [0.2, 0.25) is 11.8 Å². The van der Waals surface area contributed by atoms with Crippen LogP contribution < -0.4 is 10.6 Å². The molecule has 22 heavy (non-hydrogen) atoms. The van der Waals surface area contributed by atoms with E-state index in [1.54, 1.807) is 0 Å². The number of nitrogens with one attached hydrogen (secondary N) is 2. The highest BCUT2D eigenvalue weighted by Gasteiger charge is 2.34. The number of amides is 2. The predicted molar refractivity (Wildman–Crippen MR) is 79.6 cm³/mol. The monoisotopic (exact) mass is 328 g/mol. The molecule has 0 radical (unpaired) electrons. The molecule has 0 saturated heterocycles. The maximum absolute atomic E-state index is 13.1. The van der Waals surface area contributed by atoms with Crippen LogP contribution in [0.25, 0.3) is 0 Å². The Kier molecular flexibility index (Phi) is 5.37. The Morgan fingerprint density at radius 2 is 2.14 bits per heavy atom. The third kappa shape index (κ3) is 4.42. The van der Waals surface area contributed by atoms with Crippen LogP contribution in [-0.4, -0.2) is 29.1 Å². The Hall–Kier alpha value is -1.66. The van der Waals surface area contributed by atoms with E-state index in [1.807, 2.05) is 0 Å². The second kappa shape index (κ2) is 7.07. The standard InChI is InChI=1S/C15H18ClFN2O3/c1-8(20)13(19-14(21)10-3-4-10)15(22)18-7-9-2-5-12(17)11(16)6-9/h2,5-6,8,10,13,20H,3-4,7H2,1H3,(H,18,22)(H,19,21). The summed E-state index contributed by atoms with van der Waals surface area (Å²) in [5.41, 5.74) is 0.623. The molecule has 5 nitrogen and oxygen atoms in total. The van der Waals surface area contributed by atoms with Gasteiger partial charge < -0.3 is 15.7 Å². The zero-order valence-corrected chi connectivity index (χ0v) is 12.9. The highest BCUT2D eigenvalue weighted by Crippen LogP contribution is 2.29. The molecule has 0 spiro atoms. The molecule has 2 unspecified atom stereocenters. The molecule has 2 amide bonds. The van der Waals surface area contributed by atoms with Gasteiger partial charge in [-0.25, -0.2) is 4.39 Å². The number of benzene rings is 1. The van der Waals surface area contributed by atoms with Gasteiger partial charge in [-0.15, -0.1) is 0 Å². The fourth-order valence-corrected chi connectivity index (χ4v) is 2.17. The predicted octanol–water partition coefficient (Wildman–Crippen LogP) is 1.37. The minimum absolute atomic E-state index is 0.0270. The van der Waals surface area contributed by atoms with E-state index in [-0.39, 0.29) is 23.4 Å². The largest absolute Gasteiger partial charge is 0.391 e. The first-order valence-electron chi connectivity index (χ1n) is 7.08. The van der Waals surface area contributed by atoms with E-state index in [2.05, 4.69) is 10.6 Å². The van der Waals surface area contributed by atoms with Crippen LogP contribution in [0.15, 0.2) is 18.2 Å². The number of hydrogen-bond acceptors (Lipinski definition) is 3. The third-order valence-corrected chi connectivity index (χ3v) is 3.75. The molecule has 3 N–H and O–H groups in total. The second-order valence-corrected chi connectivity index (χ2v) is 5.87. The van der Waals surface area contributed by atoms with Crippen LogP contribution in [0.2, 0.25) is 5.02 Å². The van der Waals surface area contributed by atoms with Gasteiger partial charge in [-0.05, 0) is 37.5 Å². The van der Waals surface area contributed by atoms with Crippen LogP contribution in [0.4, 0.5) is 4.39 Å². The summed E-state index contributed by atoms with van der Waals surface area (Å²) in [5, 5.41) is 14.8. The van der Waals surface area contributed by atoms with Crippen molar-refractivity contribution in [3.05, 3.63) is 34.6 Å². The molecule has 1 aromatic carbocycles. The normalized spacial score (nSPS) is 16.7. The van der Waals surface area contributed by atoms with Gasteiger partial charge in [0.25, 0.3) is 0 Å². The van der Waals surface area contributed by atoms with Crippen molar-refractivity contribution in [1.29, 1.82) is 0 Å². The van der Waals surface area contributed by atoms with E-state index in [0.29, 0.717) is 5.56 Å². The van der Waals surface area contributed by atoms with E-state index in [4.69, 9.17) is 11.6 Å². The van der Waals surface area contributed by atoms with Crippen LogP contribution in [0, 0.1) is 11.7 Å². The zero-order valence-electron chi connectivity index (χ0n) is 12.1. The molecule has 1 aliphatic carbocycles. The molecule has 0 aliphatic heterocycles. The average molecular weight is 329 g/mol.